The van der Waals surface area contributed by atoms with Gasteiger partial charge >= 0.3 is 0 Å². The highest BCUT2D eigenvalue weighted by molar-refractivity contribution is 7.85. The molecular formula is C10H18N2O5S. The lowest BCUT2D eigenvalue weighted by molar-refractivity contribution is -0.138. The van der Waals surface area contributed by atoms with Gasteiger partial charge in [0.05, 0.1) is 5.75 Å². The predicted octanol–water partition coefficient (Wildman–Crippen LogP) is -0.655. The van der Waals surface area contributed by atoms with Crippen LogP contribution < -0.4 is 0 Å². The first-order valence-electron chi connectivity index (χ1n) is 5.76. The molecule has 1 heterocycles. The molecule has 0 aromatic heterocycles. The van der Waals surface area contributed by atoms with Gasteiger partial charge in [-0.15, -0.1) is 0 Å². The Morgan fingerprint density at radius 2 is 1.78 bits per heavy atom. The number of hydrogen-bond donors (Lipinski definition) is 1. The van der Waals surface area contributed by atoms with Gasteiger partial charge in [0.2, 0.25) is 11.8 Å². The molecule has 1 aliphatic rings. The Kier molecular flexibility index (Phi) is 5.24. The van der Waals surface area contributed by atoms with Crippen molar-refractivity contribution in [1.29, 1.82) is 0 Å². The van der Waals surface area contributed by atoms with Gasteiger partial charge in [-0.2, -0.15) is 8.42 Å². The predicted molar refractivity (Wildman–Crippen MR) is 64.5 cm³/mol. The van der Waals surface area contributed by atoms with Gasteiger partial charge in [0.1, 0.15) is 0 Å². The van der Waals surface area contributed by atoms with E-state index in [0.29, 0.717) is 26.1 Å². The second kappa shape index (κ2) is 6.26. The van der Waals surface area contributed by atoms with E-state index < -0.39 is 10.1 Å². The quantitative estimate of drug-likeness (QED) is 0.491. The highest BCUT2D eigenvalue weighted by Crippen LogP contribution is 2.10. The summed E-state index contributed by atoms with van der Waals surface area (Å²) in [5.41, 5.74) is 0. The third kappa shape index (κ3) is 5.11. The lowest BCUT2D eigenvalue weighted by Crippen LogP contribution is -2.37. The second-order valence-corrected chi connectivity index (χ2v) is 5.95. The van der Waals surface area contributed by atoms with E-state index >= 15 is 0 Å². The average Bonchev–Trinajstić information content (AvgIpc) is 2.54. The molecule has 0 bridgehead atoms. The van der Waals surface area contributed by atoms with E-state index in [1.807, 2.05) is 4.90 Å². The zero-order chi connectivity index (χ0) is 13.8. The van der Waals surface area contributed by atoms with Crippen molar-refractivity contribution < 1.29 is 22.6 Å². The van der Waals surface area contributed by atoms with Crippen LogP contribution >= 0.6 is 0 Å². The fourth-order valence-electron chi connectivity index (χ4n) is 1.77. The molecule has 8 heteroatoms. The van der Waals surface area contributed by atoms with Crippen LogP contribution in [-0.4, -0.2) is 67.0 Å². The summed E-state index contributed by atoms with van der Waals surface area (Å²) in [5.74, 6) is -0.573. The molecule has 2 amide bonds. The summed E-state index contributed by atoms with van der Waals surface area (Å²) < 4.78 is 29.6. The molecule has 1 fully saturated rings. The Morgan fingerprint density at radius 3 is 2.28 bits per heavy atom. The number of nitrogens with zero attached hydrogens (tertiary/aromatic N) is 2. The van der Waals surface area contributed by atoms with Crippen LogP contribution in [0.5, 0.6) is 0 Å². The zero-order valence-electron chi connectivity index (χ0n) is 10.3. The fourth-order valence-corrected chi connectivity index (χ4v) is 2.27. The van der Waals surface area contributed by atoms with Crippen LogP contribution in [0.25, 0.3) is 0 Å². The molecule has 0 unspecified atom stereocenters. The Hall–Kier alpha value is -0.990. The van der Waals surface area contributed by atoms with Crippen molar-refractivity contribution in [3.63, 3.8) is 0 Å². The van der Waals surface area contributed by atoms with E-state index in [1.54, 1.807) is 7.05 Å². The highest BCUT2D eigenvalue weighted by atomic mass is 32.2. The fraction of sp³-hybridized carbons (Fsp3) is 0.800. The minimum atomic E-state index is -3.91. The van der Waals surface area contributed by atoms with Crippen LogP contribution in [-0.2, 0) is 19.7 Å². The molecule has 1 aliphatic heterocycles. The number of amides is 2. The summed E-state index contributed by atoms with van der Waals surface area (Å²) in [5, 5.41) is 0. The lowest BCUT2D eigenvalue weighted by atomic mass is 10.4. The number of rotatable bonds is 7. The monoisotopic (exact) mass is 278 g/mol. The van der Waals surface area contributed by atoms with Gasteiger partial charge in [0.25, 0.3) is 10.1 Å². The Balaban J connectivity index is 2.23. The van der Waals surface area contributed by atoms with Crippen molar-refractivity contribution in [2.45, 2.75) is 19.3 Å². The van der Waals surface area contributed by atoms with Gasteiger partial charge in [-0.25, -0.2) is 0 Å². The van der Waals surface area contributed by atoms with Gasteiger partial charge in [0.15, 0.2) is 0 Å². The number of likely N-dealkylation sites (tertiary alicyclic amines) is 1. The first-order chi connectivity index (χ1) is 8.29. The van der Waals surface area contributed by atoms with Gasteiger partial charge in [-0.1, -0.05) is 0 Å². The van der Waals surface area contributed by atoms with Gasteiger partial charge in [-0.3, -0.25) is 19.0 Å². The van der Waals surface area contributed by atoms with Crippen molar-refractivity contribution >= 4 is 21.9 Å². The third-order valence-corrected chi connectivity index (χ3v) is 3.61. The van der Waals surface area contributed by atoms with Gasteiger partial charge in [-0.05, 0) is 20.0 Å². The molecular weight excluding hydrogens is 260 g/mol. The molecule has 0 aromatic rings. The summed E-state index contributed by atoms with van der Waals surface area (Å²) in [6.07, 6.45) is 0.883. The summed E-state index contributed by atoms with van der Waals surface area (Å²) in [7, 11) is -2.14. The maximum absolute atomic E-state index is 11.3. The van der Waals surface area contributed by atoms with Crippen molar-refractivity contribution in [2.24, 2.45) is 0 Å². The molecule has 0 saturated carbocycles. The molecule has 0 spiro atoms. The molecule has 1 saturated heterocycles. The molecule has 18 heavy (non-hydrogen) atoms. The number of carbonyl (C=O) groups is 2. The van der Waals surface area contributed by atoms with E-state index in [9.17, 15) is 18.0 Å². The van der Waals surface area contributed by atoms with Crippen molar-refractivity contribution in [3.8, 4) is 0 Å². The Labute approximate surface area is 106 Å². The minimum Gasteiger partial charge on any atom is -0.305 e. The van der Waals surface area contributed by atoms with E-state index in [-0.39, 0.29) is 30.4 Å². The number of hydrogen-bond acceptors (Lipinski definition) is 5. The first kappa shape index (κ1) is 15.1. The largest absolute Gasteiger partial charge is 0.305 e. The van der Waals surface area contributed by atoms with E-state index in [0.717, 1.165) is 0 Å². The van der Waals surface area contributed by atoms with Crippen LogP contribution in [0, 0.1) is 0 Å². The summed E-state index contributed by atoms with van der Waals surface area (Å²) in [6.45, 7) is 1.32. The topological polar surface area (TPSA) is 95.0 Å². The molecule has 0 aliphatic carbocycles. The standard InChI is InChI=1S/C10H18N2O5S/c1-11(5-2-8-18(15,16)17)6-7-12-9(13)3-4-10(12)14/h2-8H2,1H3,(H,15,16,17). The third-order valence-electron chi connectivity index (χ3n) is 2.80. The van der Waals surface area contributed by atoms with Crippen LogP contribution in [0.4, 0.5) is 0 Å². The molecule has 104 valence electrons. The Morgan fingerprint density at radius 1 is 1.22 bits per heavy atom. The maximum Gasteiger partial charge on any atom is 0.264 e. The summed E-state index contributed by atoms with van der Waals surface area (Å²) in [6, 6.07) is 0. The van der Waals surface area contributed by atoms with Gasteiger partial charge < -0.3 is 4.90 Å². The normalized spacial score (nSPS) is 16.9. The van der Waals surface area contributed by atoms with Crippen molar-refractivity contribution in [1.82, 2.24) is 9.80 Å². The van der Waals surface area contributed by atoms with Crippen LogP contribution in [0.3, 0.4) is 0 Å². The van der Waals surface area contributed by atoms with Crippen LogP contribution in [0.15, 0.2) is 0 Å². The number of likely N-dealkylation sites (N-methyl/N-ethyl adjacent to an activating group) is 1. The first-order valence-corrected chi connectivity index (χ1v) is 7.37. The second-order valence-electron chi connectivity index (χ2n) is 4.38. The van der Waals surface area contributed by atoms with Crippen LogP contribution in [0.2, 0.25) is 0 Å². The molecule has 7 nitrogen and oxygen atoms in total. The summed E-state index contributed by atoms with van der Waals surface area (Å²) >= 11 is 0. The molecule has 1 N–H and O–H groups in total. The van der Waals surface area contributed by atoms with Crippen molar-refractivity contribution in [3.05, 3.63) is 0 Å². The average molecular weight is 278 g/mol. The lowest BCUT2D eigenvalue weighted by Gasteiger charge is -2.20. The van der Waals surface area contributed by atoms with Crippen LogP contribution in [0.1, 0.15) is 19.3 Å². The Bertz CT molecular complexity index is 404. The number of carbonyl (C=O) groups excluding carboxylic acids is 2. The smallest absolute Gasteiger partial charge is 0.264 e. The number of imide groups is 1. The molecule has 0 aromatic carbocycles. The zero-order valence-corrected chi connectivity index (χ0v) is 11.1. The van der Waals surface area contributed by atoms with E-state index in [2.05, 4.69) is 0 Å². The maximum atomic E-state index is 11.3. The highest BCUT2D eigenvalue weighted by Gasteiger charge is 2.28. The summed E-state index contributed by atoms with van der Waals surface area (Å²) in [4.78, 5) is 25.7. The van der Waals surface area contributed by atoms with Gasteiger partial charge in [0, 0.05) is 25.9 Å². The SMILES string of the molecule is CN(CCCS(=O)(=O)O)CCN1C(=O)CCC1=O. The molecule has 0 radical (unpaired) electrons. The van der Waals surface area contributed by atoms with Crippen molar-refractivity contribution in [2.75, 3.05) is 32.4 Å². The molecule has 0 atom stereocenters. The van der Waals surface area contributed by atoms with E-state index in [4.69, 9.17) is 4.55 Å². The minimum absolute atomic E-state index is 0.147. The van der Waals surface area contributed by atoms with E-state index in [1.165, 1.54) is 4.90 Å². The molecule has 1 rings (SSSR count).